The minimum atomic E-state index is -4.45. The highest BCUT2D eigenvalue weighted by atomic mass is 19.4. The van der Waals surface area contributed by atoms with Gasteiger partial charge in [-0.3, -0.25) is 0 Å². The van der Waals surface area contributed by atoms with Gasteiger partial charge in [0.05, 0.1) is 0 Å². The summed E-state index contributed by atoms with van der Waals surface area (Å²) in [5.41, 5.74) is 5.27. The van der Waals surface area contributed by atoms with Crippen molar-refractivity contribution >= 4 is 11.9 Å². The lowest BCUT2D eigenvalue weighted by Crippen LogP contribution is -2.44. The van der Waals surface area contributed by atoms with Gasteiger partial charge in [-0.2, -0.15) is 13.2 Å². The maximum Gasteiger partial charge on any atom is 0.405 e. The van der Waals surface area contributed by atoms with Crippen molar-refractivity contribution in [2.24, 2.45) is 16.8 Å². The normalized spacial score (nSPS) is 14.3. The van der Waals surface area contributed by atoms with Gasteiger partial charge in [0.15, 0.2) is 0 Å². The Bertz CT molecular complexity index is 293. The van der Waals surface area contributed by atoms with E-state index in [0.29, 0.717) is 0 Å². The number of carbonyl (C=O) groups excluding carboxylic acids is 1. The number of nitrogens with zero attached hydrogens (tertiary/aromatic N) is 2. The Morgan fingerprint density at radius 3 is 2.53 bits per heavy atom. The SMILES string of the molecule is CC(CN(C)C(=O)NCC(F)(F)F)C(N)=NO. The monoisotopic (exact) mass is 256 g/mol. The van der Waals surface area contributed by atoms with Crippen LogP contribution in [0.15, 0.2) is 5.16 Å². The van der Waals surface area contributed by atoms with E-state index in [1.807, 2.05) is 0 Å². The topological polar surface area (TPSA) is 91.0 Å². The molecule has 0 aliphatic carbocycles. The van der Waals surface area contributed by atoms with E-state index in [9.17, 15) is 18.0 Å². The number of alkyl halides is 3. The van der Waals surface area contributed by atoms with Crippen LogP contribution in [0.2, 0.25) is 0 Å². The molecule has 6 nitrogen and oxygen atoms in total. The third-order valence-electron chi connectivity index (χ3n) is 1.95. The molecule has 0 bridgehead atoms. The van der Waals surface area contributed by atoms with E-state index >= 15 is 0 Å². The summed E-state index contributed by atoms with van der Waals surface area (Å²) in [6.45, 7) is 0.219. The van der Waals surface area contributed by atoms with Crippen LogP contribution in [0.5, 0.6) is 0 Å². The lowest BCUT2D eigenvalue weighted by Gasteiger charge is -2.21. The molecule has 17 heavy (non-hydrogen) atoms. The fourth-order valence-corrected chi connectivity index (χ4v) is 0.997. The number of nitrogens with one attached hydrogen (secondary N) is 1. The van der Waals surface area contributed by atoms with E-state index in [4.69, 9.17) is 10.9 Å². The Balaban J connectivity index is 4.15. The average molecular weight is 256 g/mol. The fraction of sp³-hybridized carbons (Fsp3) is 0.750. The number of hydrogen-bond acceptors (Lipinski definition) is 3. The van der Waals surface area contributed by atoms with Crippen molar-refractivity contribution in [1.82, 2.24) is 10.2 Å². The number of amides is 2. The molecule has 0 fully saturated rings. The molecule has 1 atom stereocenters. The van der Waals surface area contributed by atoms with E-state index in [-0.39, 0.29) is 12.4 Å². The van der Waals surface area contributed by atoms with E-state index < -0.39 is 24.7 Å². The van der Waals surface area contributed by atoms with E-state index in [1.54, 1.807) is 12.2 Å². The van der Waals surface area contributed by atoms with E-state index in [2.05, 4.69) is 5.16 Å². The first-order valence-corrected chi connectivity index (χ1v) is 4.70. The van der Waals surface area contributed by atoms with Crippen molar-refractivity contribution in [3.63, 3.8) is 0 Å². The molecular weight excluding hydrogens is 241 g/mol. The molecule has 0 spiro atoms. The lowest BCUT2D eigenvalue weighted by atomic mass is 10.1. The summed E-state index contributed by atoms with van der Waals surface area (Å²) in [7, 11) is 1.31. The zero-order chi connectivity index (χ0) is 13.6. The third kappa shape index (κ3) is 6.48. The first-order chi connectivity index (χ1) is 7.67. The largest absolute Gasteiger partial charge is 0.409 e. The molecule has 0 aliphatic heterocycles. The van der Waals surface area contributed by atoms with Gasteiger partial charge in [-0.15, -0.1) is 0 Å². The highest BCUT2D eigenvalue weighted by molar-refractivity contribution is 5.83. The fourth-order valence-electron chi connectivity index (χ4n) is 0.997. The predicted octanol–water partition coefficient (Wildman–Crippen LogP) is 0.573. The van der Waals surface area contributed by atoms with Gasteiger partial charge in [0.2, 0.25) is 0 Å². The number of carbonyl (C=O) groups is 1. The first-order valence-electron chi connectivity index (χ1n) is 4.70. The van der Waals surface area contributed by atoms with E-state index in [1.165, 1.54) is 7.05 Å². The molecule has 0 rings (SSSR count). The smallest absolute Gasteiger partial charge is 0.405 e. The minimum Gasteiger partial charge on any atom is -0.409 e. The molecule has 0 heterocycles. The van der Waals surface area contributed by atoms with Gasteiger partial charge in [0, 0.05) is 19.5 Å². The summed E-state index contributed by atoms with van der Waals surface area (Å²) >= 11 is 0. The average Bonchev–Trinajstić information content (AvgIpc) is 2.23. The second-order valence-corrected chi connectivity index (χ2v) is 3.58. The van der Waals surface area contributed by atoms with Crippen molar-refractivity contribution in [3.05, 3.63) is 0 Å². The van der Waals surface area contributed by atoms with Gasteiger partial charge in [0.25, 0.3) is 0 Å². The Hall–Kier alpha value is -1.67. The van der Waals surface area contributed by atoms with Crippen LogP contribution in [0.4, 0.5) is 18.0 Å². The zero-order valence-corrected chi connectivity index (χ0v) is 9.45. The van der Waals surface area contributed by atoms with Crippen molar-refractivity contribution in [2.45, 2.75) is 13.1 Å². The number of oxime groups is 1. The van der Waals surface area contributed by atoms with Crippen LogP contribution in [0.3, 0.4) is 0 Å². The molecule has 100 valence electrons. The van der Waals surface area contributed by atoms with Crippen molar-refractivity contribution in [2.75, 3.05) is 20.1 Å². The molecule has 0 radical (unpaired) electrons. The van der Waals surface area contributed by atoms with Gasteiger partial charge in [-0.1, -0.05) is 12.1 Å². The molecule has 0 aliphatic rings. The number of rotatable bonds is 4. The lowest BCUT2D eigenvalue weighted by molar-refractivity contribution is -0.123. The number of nitrogens with two attached hydrogens (primary N) is 1. The highest BCUT2D eigenvalue weighted by Crippen LogP contribution is 2.12. The number of hydrogen-bond donors (Lipinski definition) is 3. The van der Waals surface area contributed by atoms with Gasteiger partial charge < -0.3 is 21.2 Å². The van der Waals surface area contributed by atoms with Gasteiger partial charge in [0.1, 0.15) is 12.4 Å². The Kier molecular flexibility index (Phi) is 5.56. The van der Waals surface area contributed by atoms with Crippen LogP contribution in [0.1, 0.15) is 6.92 Å². The molecule has 9 heteroatoms. The summed E-state index contributed by atoms with van der Waals surface area (Å²) in [4.78, 5) is 12.2. The minimum absolute atomic E-state index is 0.0413. The molecule has 0 saturated heterocycles. The molecule has 1 unspecified atom stereocenters. The Labute approximate surface area is 96.2 Å². The summed E-state index contributed by atoms with van der Waals surface area (Å²) in [6.07, 6.45) is -4.45. The van der Waals surface area contributed by atoms with Gasteiger partial charge >= 0.3 is 12.2 Å². The summed E-state index contributed by atoms with van der Waals surface area (Å²) in [5, 5.41) is 12.8. The Morgan fingerprint density at radius 1 is 1.59 bits per heavy atom. The molecule has 2 amide bonds. The van der Waals surface area contributed by atoms with Crippen molar-refractivity contribution < 1.29 is 23.2 Å². The van der Waals surface area contributed by atoms with Gasteiger partial charge in [-0.25, -0.2) is 4.79 Å². The Morgan fingerprint density at radius 2 is 2.12 bits per heavy atom. The quantitative estimate of drug-likeness (QED) is 0.297. The van der Waals surface area contributed by atoms with Crippen molar-refractivity contribution in [3.8, 4) is 0 Å². The molecule has 0 aromatic carbocycles. The third-order valence-corrected chi connectivity index (χ3v) is 1.95. The van der Waals surface area contributed by atoms with Gasteiger partial charge in [-0.05, 0) is 0 Å². The van der Waals surface area contributed by atoms with Crippen LogP contribution in [0, 0.1) is 5.92 Å². The highest BCUT2D eigenvalue weighted by Gasteiger charge is 2.28. The molecule has 0 saturated carbocycles. The van der Waals surface area contributed by atoms with Crippen LogP contribution < -0.4 is 11.1 Å². The number of amidine groups is 1. The van der Waals surface area contributed by atoms with Crippen LogP contribution in [-0.4, -0.2) is 48.3 Å². The molecular formula is C8H15F3N4O2. The summed E-state index contributed by atoms with van der Waals surface area (Å²) in [5.74, 6) is -0.554. The first kappa shape index (κ1) is 15.3. The predicted molar refractivity (Wildman–Crippen MR) is 54.7 cm³/mol. The van der Waals surface area contributed by atoms with Crippen molar-refractivity contribution in [1.29, 1.82) is 0 Å². The number of halogens is 3. The van der Waals surface area contributed by atoms with E-state index in [0.717, 1.165) is 4.90 Å². The summed E-state index contributed by atoms with van der Waals surface area (Å²) < 4.78 is 35.5. The second-order valence-electron chi connectivity index (χ2n) is 3.58. The molecule has 4 N–H and O–H groups in total. The number of urea groups is 1. The maximum absolute atomic E-state index is 11.8. The summed E-state index contributed by atoms with van der Waals surface area (Å²) in [6, 6.07) is -0.875. The van der Waals surface area contributed by atoms with Crippen LogP contribution in [0.25, 0.3) is 0 Å². The standard InChI is InChI=1S/C8H15F3N4O2/c1-5(6(12)14-17)3-15(2)7(16)13-4-8(9,10)11/h5,17H,3-4H2,1-2H3,(H2,12,14)(H,13,16). The second kappa shape index (κ2) is 6.16. The molecule has 0 aromatic rings. The molecule has 0 aromatic heterocycles. The van der Waals surface area contributed by atoms with Crippen LogP contribution in [-0.2, 0) is 0 Å². The van der Waals surface area contributed by atoms with Crippen LogP contribution >= 0.6 is 0 Å². The zero-order valence-electron chi connectivity index (χ0n) is 9.45. The maximum atomic E-state index is 11.8.